The lowest BCUT2D eigenvalue weighted by molar-refractivity contribution is -0.138. The lowest BCUT2D eigenvalue weighted by atomic mass is 9.80. The van der Waals surface area contributed by atoms with Crippen LogP contribution >= 0.6 is 95.9 Å². The van der Waals surface area contributed by atoms with Gasteiger partial charge in [-0.2, -0.15) is 39.5 Å². The summed E-state index contributed by atoms with van der Waals surface area (Å²) in [5, 5.41) is 12.9. The summed E-state index contributed by atoms with van der Waals surface area (Å²) in [4.78, 5) is 117. The van der Waals surface area contributed by atoms with Crippen molar-refractivity contribution in [3.05, 3.63) is 321 Å². The fourth-order valence-corrected chi connectivity index (χ4v) is 19.3. The van der Waals surface area contributed by atoms with Crippen molar-refractivity contribution >= 4 is 208 Å². The highest BCUT2D eigenvalue weighted by atomic mass is 32.2. The number of carbonyl (C=O) groups excluding carboxylic acids is 8. The van der Waals surface area contributed by atoms with E-state index in [4.69, 9.17) is 72.6 Å². The number of halogens is 11. The van der Waals surface area contributed by atoms with Gasteiger partial charge in [0.25, 0.3) is 29.6 Å². The molecule has 10 aromatic carbocycles. The SMILES string of the molecule is CC(F)(F)c1cccc(N2C(=O)/C(=C/c3ccc(C(=O)Oc4cc5c(cc4OC(=O)c4ccc(/C=C6\SC(=S)N(c7cccc(C(F)(F)F)c7)C6=O)cc4)[C@@H]4c6ccc(OC(=O)c7ccc(/C=C8\SC(=S)N(c9cccc(C(F)(F)F)c9)C8=O)cc7)c(OC(=O)c7ccc(/C=C8\SC(=S)N(c9cccc(C(F)(F)F)c9)C8=O)cc7)c6OC[C@]4(O)C5)cc3)SC2=S)c1. The van der Waals surface area contributed by atoms with Crippen LogP contribution in [0.25, 0.3) is 24.3 Å². The summed E-state index contributed by atoms with van der Waals surface area (Å²) in [6.45, 7) is 0.107. The van der Waals surface area contributed by atoms with Crippen LogP contribution in [0, 0.1) is 0 Å². The Morgan fingerprint density at radius 3 is 1.02 bits per heavy atom. The molecule has 16 rings (SSSR count). The summed E-state index contributed by atoms with van der Waals surface area (Å²) in [6, 6.07) is 44.7. The van der Waals surface area contributed by atoms with Crippen LogP contribution in [0.3, 0.4) is 0 Å². The van der Waals surface area contributed by atoms with Crippen LogP contribution in [0.4, 0.5) is 71.0 Å². The molecule has 18 nitrogen and oxygen atoms in total. The van der Waals surface area contributed by atoms with Gasteiger partial charge in [0.15, 0.2) is 40.3 Å². The van der Waals surface area contributed by atoms with Crippen LogP contribution in [0.2, 0.25) is 0 Å². The monoisotopic (exact) mass is 1860 g/mol. The second-order valence-corrected chi connectivity index (χ2v) is 35.2. The molecule has 1 aliphatic carbocycles. The Balaban J connectivity index is 0.717. The number of fused-ring (bicyclic) bond motifs is 5. The Bertz CT molecular complexity index is 6540. The molecule has 0 bridgehead atoms. The highest BCUT2D eigenvalue weighted by Gasteiger charge is 2.53. The zero-order valence-corrected chi connectivity index (χ0v) is 70.1. The van der Waals surface area contributed by atoms with E-state index in [9.17, 15) is 91.8 Å². The number of thiocarbonyl (C=S) groups is 4. The molecule has 0 radical (unpaired) electrons. The van der Waals surface area contributed by atoms with Gasteiger partial charge in [-0.1, -0.05) is 181 Å². The smallest absolute Gasteiger partial charge is 0.416 e. The van der Waals surface area contributed by atoms with Gasteiger partial charge in [-0.25, -0.2) is 28.0 Å². The van der Waals surface area contributed by atoms with Gasteiger partial charge in [0.1, 0.15) is 12.2 Å². The van der Waals surface area contributed by atoms with Crippen LogP contribution in [0.5, 0.6) is 28.7 Å². The van der Waals surface area contributed by atoms with Gasteiger partial charge in [0, 0.05) is 30.4 Å². The van der Waals surface area contributed by atoms with Crippen LogP contribution in [-0.2, 0) is 50.1 Å². The van der Waals surface area contributed by atoms with E-state index in [0.29, 0.717) is 29.2 Å². The number of carbonyl (C=O) groups is 8. The van der Waals surface area contributed by atoms with Crippen molar-refractivity contribution in [1.29, 1.82) is 0 Å². The number of aliphatic hydroxyl groups is 1. The topological polar surface area (TPSA) is 216 Å². The number of esters is 4. The first-order chi connectivity index (χ1) is 59.7. The van der Waals surface area contributed by atoms with E-state index in [1.807, 2.05) is 0 Å². The summed E-state index contributed by atoms with van der Waals surface area (Å²) >= 11 is 25.1. The second-order valence-electron chi connectivity index (χ2n) is 28.5. The lowest BCUT2D eigenvalue weighted by Gasteiger charge is -2.37. The number of hydrogen-bond acceptors (Lipinski definition) is 22. The van der Waals surface area contributed by atoms with Crippen molar-refractivity contribution < 1.29 is 115 Å². The van der Waals surface area contributed by atoms with Gasteiger partial charge in [0.2, 0.25) is 5.75 Å². The van der Waals surface area contributed by atoms with Crippen LogP contribution in [-0.4, -0.2) is 82.1 Å². The average Bonchev–Trinajstić information content (AvgIpc) is 1.56. The maximum absolute atomic E-state index is 14.7. The molecule has 4 saturated heterocycles. The van der Waals surface area contributed by atoms with Crippen molar-refractivity contribution in [2.45, 2.75) is 49.3 Å². The molecule has 0 saturated carbocycles. The van der Waals surface area contributed by atoms with Crippen LogP contribution in [0.1, 0.15) is 115 Å². The zero-order chi connectivity index (χ0) is 89.5. The third-order valence-corrected chi connectivity index (χ3v) is 25.3. The van der Waals surface area contributed by atoms with E-state index in [1.54, 1.807) is 0 Å². The summed E-state index contributed by atoms with van der Waals surface area (Å²) in [5.74, 6) is -13.6. The van der Waals surface area contributed by atoms with E-state index in [0.717, 1.165) is 127 Å². The number of thioether (sulfide) groups is 4. The van der Waals surface area contributed by atoms with Crippen LogP contribution in [0.15, 0.2) is 238 Å². The first kappa shape index (κ1) is 87.2. The molecule has 37 heteroatoms. The summed E-state index contributed by atoms with van der Waals surface area (Å²) < 4.78 is 183. The molecule has 4 fully saturated rings. The third kappa shape index (κ3) is 17.7. The number of ether oxygens (including phenoxy) is 5. The molecule has 5 heterocycles. The third-order valence-electron chi connectivity index (χ3n) is 20.1. The maximum atomic E-state index is 14.7. The van der Waals surface area contributed by atoms with Gasteiger partial charge in [-0.15, -0.1) is 0 Å². The average molecular weight is 1860 g/mol. The Labute approximate surface area is 743 Å². The van der Waals surface area contributed by atoms with E-state index in [1.165, 1.54) is 182 Å². The van der Waals surface area contributed by atoms with E-state index in [2.05, 4.69) is 0 Å². The number of nitrogens with zero attached hydrogens (tertiary/aromatic N) is 4. The predicted octanol–water partition coefficient (Wildman–Crippen LogP) is 21.2. The molecule has 634 valence electrons. The lowest BCUT2D eigenvalue weighted by Crippen LogP contribution is -2.44. The molecule has 5 aliphatic heterocycles. The molecular weight excluding hydrogens is 1810 g/mol. The first-order valence-corrected chi connectivity index (χ1v) is 41.7. The van der Waals surface area contributed by atoms with E-state index in [-0.39, 0.29) is 122 Å². The fourth-order valence-electron chi connectivity index (χ4n) is 14.1. The second kappa shape index (κ2) is 33.9. The molecule has 126 heavy (non-hydrogen) atoms. The number of amides is 4. The normalized spacial score (nSPS) is 18.4. The molecule has 2 atom stereocenters. The van der Waals surface area contributed by atoms with Gasteiger partial charge >= 0.3 is 42.4 Å². The highest BCUT2D eigenvalue weighted by molar-refractivity contribution is 8.28. The van der Waals surface area contributed by atoms with E-state index >= 15 is 0 Å². The van der Waals surface area contributed by atoms with Crippen molar-refractivity contribution in [1.82, 2.24) is 0 Å². The molecular formula is C89H49F11N4O14S8. The van der Waals surface area contributed by atoms with Gasteiger partial charge in [0.05, 0.1) is 81.3 Å². The minimum atomic E-state index is -4.73. The Morgan fingerprint density at radius 2 is 0.698 bits per heavy atom. The first-order valence-electron chi connectivity index (χ1n) is 36.8. The quantitative estimate of drug-likeness (QED) is 0.0295. The standard InChI is InChI=1S/C89H49F11N4O14S8/c1-85(90,91)53-6-2-10-57(37-53)101-73(105)66(123-81(101)119)32-45-16-24-49(25-17-45)78(110)116-64-36-52-42-86(113)43-114-71-61(70(86)62(52)41-65(64)117-79(111)50-26-18-46(19-27-50)34-68-75(107)103(83(121)125-68)59-12-4-8-55(39-59)88(95,96)97)30-31-63(115-77(109)48-22-14-44(15-23-48)33-67-74(106)102(82(120)124-67)58-11-3-7-54(38-58)87(92,93)94)72(71)118-80(112)51-28-20-47(21-29-51)35-69-76(108)104(84(122)126-69)60-13-5-9-56(40-60)89(98,99)100/h2-41,70,113H,42-43H2,1H3/b66-32-,67-33-,68-34-,69-35-/t70-,86+/m0/s1. The van der Waals surface area contributed by atoms with E-state index < -0.39 is 124 Å². The molecule has 10 aromatic rings. The Morgan fingerprint density at radius 1 is 0.397 bits per heavy atom. The number of alkyl halides is 11. The highest BCUT2D eigenvalue weighted by Crippen LogP contribution is 2.58. The summed E-state index contributed by atoms with van der Waals surface area (Å²) in [6.07, 6.45) is -8.78. The van der Waals surface area contributed by atoms with Crippen molar-refractivity contribution in [3.63, 3.8) is 0 Å². The molecule has 0 aromatic heterocycles. The zero-order valence-electron chi connectivity index (χ0n) is 63.6. The predicted molar refractivity (Wildman–Crippen MR) is 467 cm³/mol. The minimum Gasteiger partial charge on any atom is -0.486 e. The Kier molecular flexibility index (Phi) is 23.4. The van der Waals surface area contributed by atoms with Crippen molar-refractivity contribution in [2.24, 2.45) is 0 Å². The maximum Gasteiger partial charge on any atom is 0.416 e. The van der Waals surface area contributed by atoms with Crippen molar-refractivity contribution in [2.75, 3.05) is 26.2 Å². The minimum absolute atomic E-state index is 0.0178. The largest absolute Gasteiger partial charge is 0.486 e. The molecule has 0 spiro atoms. The summed E-state index contributed by atoms with van der Waals surface area (Å²) in [5.41, 5.74) is -4.14. The molecule has 4 amide bonds. The number of benzene rings is 10. The van der Waals surface area contributed by atoms with Gasteiger partial charge < -0.3 is 28.8 Å². The number of anilines is 4. The molecule has 0 unspecified atom stereocenters. The van der Waals surface area contributed by atoms with Crippen LogP contribution < -0.4 is 43.3 Å². The van der Waals surface area contributed by atoms with Crippen molar-refractivity contribution in [3.8, 4) is 28.7 Å². The fraction of sp³-hybridized carbons (Fsp3) is 0.101. The number of rotatable bonds is 17. The Hall–Kier alpha value is -12.3. The summed E-state index contributed by atoms with van der Waals surface area (Å²) in [7, 11) is 0. The molecule has 6 aliphatic rings. The van der Waals surface area contributed by atoms with Gasteiger partial charge in [-0.3, -0.25) is 38.8 Å². The number of hydrogen-bond donors (Lipinski definition) is 1. The van der Waals surface area contributed by atoms with Gasteiger partial charge in [-0.05, 0) is 191 Å². The molecule has 1 N–H and O–H groups in total.